The third-order valence-corrected chi connectivity index (χ3v) is 3.48. The van der Waals surface area contributed by atoms with Gasteiger partial charge in [0.25, 0.3) is 0 Å². The van der Waals surface area contributed by atoms with Crippen molar-refractivity contribution in [2.24, 2.45) is 5.92 Å². The molecule has 4 nitrogen and oxygen atoms in total. The summed E-state index contributed by atoms with van der Waals surface area (Å²) in [6.07, 6.45) is 0.532. The second kappa shape index (κ2) is 5.23. The topological polar surface area (TPSA) is 55.4 Å². The summed E-state index contributed by atoms with van der Waals surface area (Å²) in [5, 5.41) is 0. The molecule has 0 saturated carbocycles. The fourth-order valence-electron chi connectivity index (χ4n) is 2.80. The molecule has 0 heterocycles. The largest absolute Gasteiger partial charge is 0.304 e. The lowest BCUT2D eigenvalue weighted by molar-refractivity contribution is -0.133. The van der Waals surface area contributed by atoms with Gasteiger partial charge in [0.05, 0.1) is 13.5 Å². The summed E-state index contributed by atoms with van der Waals surface area (Å²) in [5.74, 6) is 0.0671. The molecule has 1 aromatic rings. The van der Waals surface area contributed by atoms with Crippen LogP contribution in [0.2, 0.25) is 0 Å². The third kappa shape index (κ3) is 2.33. The van der Waals surface area contributed by atoms with Crippen LogP contribution in [0.1, 0.15) is 42.6 Å². The van der Waals surface area contributed by atoms with Crippen LogP contribution >= 0.6 is 0 Å². The van der Waals surface area contributed by atoms with Crippen molar-refractivity contribution < 1.29 is 14.4 Å². The van der Waals surface area contributed by atoms with Crippen molar-refractivity contribution in [3.63, 3.8) is 0 Å². The molecular formula is C15H19NO3. The minimum Gasteiger partial charge on any atom is -0.304 e. The van der Waals surface area contributed by atoms with Crippen molar-refractivity contribution in [2.75, 3.05) is 7.11 Å². The molecule has 19 heavy (non-hydrogen) atoms. The normalized spacial score (nSPS) is 22.7. The second-order valence-corrected chi connectivity index (χ2v) is 5.38. The summed E-state index contributed by atoms with van der Waals surface area (Å²) in [4.78, 5) is 29.5. The van der Waals surface area contributed by atoms with Gasteiger partial charge in [-0.25, -0.2) is 0 Å². The number of hydrogen-bond acceptors (Lipinski definition) is 4. The smallest absolute Gasteiger partial charge is 0.170 e. The van der Waals surface area contributed by atoms with Crippen LogP contribution in [0.5, 0.6) is 0 Å². The Kier molecular flexibility index (Phi) is 3.83. The van der Waals surface area contributed by atoms with Gasteiger partial charge in [0.2, 0.25) is 0 Å². The van der Waals surface area contributed by atoms with E-state index in [4.69, 9.17) is 4.84 Å². The summed E-state index contributed by atoms with van der Waals surface area (Å²) in [5.41, 5.74) is 3.29. The number of benzene rings is 1. The standard InChI is InChI=1S/C15H19NO3/c1-10(2)9-15(16-19-3)12-7-5-4-6-11(12)13(17)8-14(15)18/h4-7,10,16H,8-9H2,1-3H3. The molecule has 0 amide bonds. The maximum absolute atomic E-state index is 12.5. The Bertz CT molecular complexity index is 510. The Morgan fingerprint density at radius 2 is 2.00 bits per heavy atom. The quantitative estimate of drug-likeness (QED) is 0.667. The number of rotatable bonds is 4. The van der Waals surface area contributed by atoms with Gasteiger partial charge in [-0.1, -0.05) is 38.1 Å². The zero-order valence-electron chi connectivity index (χ0n) is 11.5. The van der Waals surface area contributed by atoms with Crippen molar-refractivity contribution in [2.45, 2.75) is 32.2 Å². The molecule has 1 aliphatic rings. The number of hydroxylamine groups is 1. The molecule has 0 radical (unpaired) electrons. The molecule has 2 rings (SSSR count). The number of fused-ring (bicyclic) bond motifs is 1. The van der Waals surface area contributed by atoms with Crippen molar-refractivity contribution in [1.29, 1.82) is 0 Å². The molecule has 102 valence electrons. The van der Waals surface area contributed by atoms with Crippen LogP contribution in [0.4, 0.5) is 0 Å². The highest BCUT2D eigenvalue weighted by Crippen LogP contribution is 2.37. The number of Topliss-reactive ketones (excluding diaryl/α,β-unsaturated/α-hetero) is 2. The van der Waals surface area contributed by atoms with Gasteiger partial charge in [-0.05, 0) is 17.9 Å². The van der Waals surface area contributed by atoms with Crippen molar-refractivity contribution in [1.82, 2.24) is 5.48 Å². The zero-order valence-corrected chi connectivity index (χ0v) is 11.5. The average Bonchev–Trinajstić information content (AvgIpc) is 2.36. The molecule has 4 heteroatoms. The molecule has 0 bridgehead atoms. The molecule has 1 unspecified atom stereocenters. The van der Waals surface area contributed by atoms with Gasteiger partial charge in [-0.15, -0.1) is 0 Å². The highest BCUT2D eigenvalue weighted by Gasteiger charge is 2.46. The van der Waals surface area contributed by atoms with Crippen LogP contribution in [0.15, 0.2) is 24.3 Å². The van der Waals surface area contributed by atoms with Crippen molar-refractivity contribution in [3.8, 4) is 0 Å². The molecule has 0 aromatic heterocycles. The van der Waals surface area contributed by atoms with Gasteiger partial charge in [-0.3, -0.25) is 9.59 Å². The minimum atomic E-state index is -0.909. The van der Waals surface area contributed by atoms with E-state index in [0.29, 0.717) is 17.9 Å². The van der Waals surface area contributed by atoms with Gasteiger partial charge in [-0.2, -0.15) is 5.48 Å². The van der Waals surface area contributed by atoms with E-state index in [1.807, 2.05) is 32.0 Å². The molecule has 0 fully saturated rings. The van der Waals surface area contributed by atoms with Crippen molar-refractivity contribution in [3.05, 3.63) is 35.4 Å². The van der Waals surface area contributed by atoms with Crippen LogP contribution in [0.25, 0.3) is 0 Å². The predicted molar refractivity (Wildman–Crippen MR) is 71.7 cm³/mol. The molecule has 1 aliphatic carbocycles. The fourth-order valence-corrected chi connectivity index (χ4v) is 2.80. The Balaban J connectivity index is 2.60. The molecule has 1 atom stereocenters. The lowest BCUT2D eigenvalue weighted by atomic mass is 9.71. The van der Waals surface area contributed by atoms with Gasteiger partial charge < -0.3 is 4.84 Å². The lowest BCUT2D eigenvalue weighted by Gasteiger charge is -2.38. The maximum Gasteiger partial charge on any atom is 0.170 e. The highest BCUT2D eigenvalue weighted by atomic mass is 16.6. The van der Waals surface area contributed by atoms with Gasteiger partial charge in [0.15, 0.2) is 11.6 Å². The average molecular weight is 261 g/mol. The van der Waals surface area contributed by atoms with E-state index in [2.05, 4.69) is 5.48 Å². The zero-order chi connectivity index (χ0) is 14.0. The van der Waals surface area contributed by atoms with Crippen LogP contribution in [-0.4, -0.2) is 18.7 Å². The SMILES string of the molecule is CONC1(CC(C)C)C(=O)CC(=O)c2ccccc21. The van der Waals surface area contributed by atoms with E-state index in [9.17, 15) is 9.59 Å². The van der Waals surface area contributed by atoms with Crippen LogP contribution in [-0.2, 0) is 15.2 Å². The summed E-state index contributed by atoms with van der Waals surface area (Å²) in [7, 11) is 1.49. The predicted octanol–water partition coefficient (Wildman–Crippen LogP) is 2.23. The van der Waals surface area contributed by atoms with Gasteiger partial charge >= 0.3 is 0 Å². The molecule has 1 aromatic carbocycles. The van der Waals surface area contributed by atoms with Gasteiger partial charge in [0, 0.05) is 5.56 Å². The number of hydrogen-bond donors (Lipinski definition) is 1. The first-order valence-corrected chi connectivity index (χ1v) is 6.47. The molecular weight excluding hydrogens is 242 g/mol. The van der Waals surface area contributed by atoms with Crippen LogP contribution < -0.4 is 5.48 Å². The third-order valence-electron chi connectivity index (χ3n) is 3.48. The maximum atomic E-state index is 12.5. The first kappa shape index (κ1) is 13.9. The first-order chi connectivity index (χ1) is 9.01. The molecule has 0 spiro atoms. The summed E-state index contributed by atoms with van der Waals surface area (Å²) in [6.45, 7) is 4.09. The van der Waals surface area contributed by atoms with Gasteiger partial charge in [0.1, 0.15) is 5.54 Å². The minimum absolute atomic E-state index is 0.0694. The van der Waals surface area contributed by atoms with E-state index < -0.39 is 5.54 Å². The lowest BCUT2D eigenvalue weighted by Crippen LogP contribution is -2.53. The summed E-state index contributed by atoms with van der Waals surface area (Å²) >= 11 is 0. The number of nitrogens with one attached hydrogen (secondary N) is 1. The molecule has 0 aliphatic heterocycles. The van der Waals surface area contributed by atoms with E-state index in [1.165, 1.54) is 7.11 Å². The monoisotopic (exact) mass is 261 g/mol. The first-order valence-electron chi connectivity index (χ1n) is 6.47. The number of ketones is 2. The van der Waals surface area contributed by atoms with Crippen LogP contribution in [0, 0.1) is 5.92 Å². The number of carbonyl (C=O) groups is 2. The number of carbonyl (C=O) groups excluding carboxylic acids is 2. The highest BCUT2D eigenvalue weighted by molar-refractivity contribution is 6.15. The Morgan fingerprint density at radius 3 is 2.63 bits per heavy atom. The fraction of sp³-hybridized carbons (Fsp3) is 0.467. The summed E-state index contributed by atoms with van der Waals surface area (Å²) < 4.78 is 0. The van der Waals surface area contributed by atoms with Crippen LogP contribution in [0.3, 0.4) is 0 Å². The Hall–Kier alpha value is -1.52. The summed E-state index contributed by atoms with van der Waals surface area (Å²) in [6, 6.07) is 7.27. The Morgan fingerprint density at radius 1 is 1.32 bits per heavy atom. The van der Waals surface area contributed by atoms with Crippen molar-refractivity contribution >= 4 is 11.6 Å². The van der Waals surface area contributed by atoms with E-state index in [0.717, 1.165) is 5.56 Å². The van der Waals surface area contributed by atoms with E-state index in [1.54, 1.807) is 6.07 Å². The molecule has 0 saturated heterocycles. The van der Waals surface area contributed by atoms with E-state index >= 15 is 0 Å². The molecule has 1 N–H and O–H groups in total. The Labute approximate surface area is 113 Å². The van der Waals surface area contributed by atoms with E-state index in [-0.39, 0.29) is 18.0 Å². The second-order valence-electron chi connectivity index (χ2n) is 5.38.